The molecule has 16 heavy (non-hydrogen) atoms. The SMILES string of the molecule is C=N/C(C)=C(\N(N)CC(F)(F)F)C(F)(F)F. The van der Waals surface area contributed by atoms with Crippen LogP contribution in [0.1, 0.15) is 6.92 Å². The van der Waals surface area contributed by atoms with Crippen molar-refractivity contribution in [3.05, 3.63) is 11.4 Å². The molecule has 0 aliphatic carbocycles. The fourth-order valence-corrected chi connectivity index (χ4v) is 0.923. The van der Waals surface area contributed by atoms with E-state index in [0.717, 1.165) is 6.92 Å². The van der Waals surface area contributed by atoms with E-state index in [1.54, 1.807) is 0 Å². The molecule has 0 heterocycles. The predicted octanol–water partition coefficient (Wildman–Crippen LogP) is 2.22. The third kappa shape index (κ3) is 4.51. The number of nitrogens with zero attached hydrogens (tertiary/aromatic N) is 2. The zero-order valence-electron chi connectivity index (χ0n) is 8.15. The summed E-state index contributed by atoms with van der Waals surface area (Å²) in [6.45, 7) is 1.75. The highest BCUT2D eigenvalue weighted by Gasteiger charge is 2.42. The van der Waals surface area contributed by atoms with E-state index in [9.17, 15) is 26.3 Å². The molecule has 0 unspecified atom stereocenters. The molecule has 0 fully saturated rings. The number of nitrogens with two attached hydrogens (primary N) is 1. The number of alkyl halides is 6. The summed E-state index contributed by atoms with van der Waals surface area (Å²) in [5.41, 5.74) is -2.39. The third-order valence-electron chi connectivity index (χ3n) is 1.49. The standard InChI is InChI=1S/C7H9F6N3/c1-4(15-2)5(7(11,12)13)16(14)3-6(8,9)10/h2-3,14H2,1H3/b5-4-. The molecule has 9 heteroatoms. The molecule has 0 aromatic heterocycles. The van der Waals surface area contributed by atoms with Gasteiger partial charge in [0, 0.05) is 0 Å². The Hall–Kier alpha value is -1.25. The van der Waals surface area contributed by atoms with Crippen LogP contribution in [0.4, 0.5) is 26.3 Å². The summed E-state index contributed by atoms with van der Waals surface area (Å²) in [6.07, 6.45) is -9.86. The quantitative estimate of drug-likeness (QED) is 0.360. The predicted molar refractivity (Wildman–Crippen MR) is 45.3 cm³/mol. The van der Waals surface area contributed by atoms with Gasteiger partial charge in [-0.15, -0.1) is 0 Å². The third-order valence-corrected chi connectivity index (χ3v) is 1.49. The van der Waals surface area contributed by atoms with Gasteiger partial charge in [0.05, 0.1) is 5.70 Å². The van der Waals surface area contributed by atoms with Crippen LogP contribution in [0.5, 0.6) is 0 Å². The second-order valence-corrected chi connectivity index (χ2v) is 2.83. The van der Waals surface area contributed by atoms with Crippen LogP contribution < -0.4 is 5.84 Å². The minimum absolute atomic E-state index is 0.440. The lowest BCUT2D eigenvalue weighted by Gasteiger charge is -2.25. The van der Waals surface area contributed by atoms with Crippen LogP contribution in [0.3, 0.4) is 0 Å². The summed E-state index contributed by atoms with van der Waals surface area (Å²) < 4.78 is 72.6. The number of hydrogen-bond donors (Lipinski definition) is 1. The van der Waals surface area contributed by atoms with E-state index < -0.39 is 35.3 Å². The Morgan fingerprint density at radius 1 is 1.25 bits per heavy atom. The first-order valence-electron chi connectivity index (χ1n) is 3.83. The molecule has 0 saturated carbocycles. The average molecular weight is 249 g/mol. The maximum atomic E-state index is 12.3. The molecule has 2 N–H and O–H groups in total. The van der Waals surface area contributed by atoms with Crippen LogP contribution in [0.2, 0.25) is 0 Å². The largest absolute Gasteiger partial charge is 0.434 e. The van der Waals surface area contributed by atoms with Crippen molar-refractivity contribution in [1.29, 1.82) is 0 Å². The van der Waals surface area contributed by atoms with Crippen molar-refractivity contribution >= 4 is 6.72 Å². The first-order chi connectivity index (χ1) is 6.99. The fraction of sp³-hybridized carbons (Fsp3) is 0.571. The second kappa shape index (κ2) is 4.73. The minimum atomic E-state index is -5.02. The van der Waals surface area contributed by atoms with Crippen molar-refractivity contribution in [1.82, 2.24) is 5.01 Å². The summed E-state index contributed by atoms with van der Waals surface area (Å²) in [4.78, 5) is 2.93. The number of hydrazine groups is 1. The van der Waals surface area contributed by atoms with Gasteiger partial charge in [0.25, 0.3) is 0 Å². The van der Waals surface area contributed by atoms with Crippen LogP contribution in [-0.4, -0.2) is 30.6 Å². The zero-order valence-corrected chi connectivity index (χ0v) is 8.15. The van der Waals surface area contributed by atoms with Crippen LogP contribution in [-0.2, 0) is 0 Å². The van der Waals surface area contributed by atoms with E-state index in [1.807, 2.05) is 0 Å². The Labute approximate surface area is 87.2 Å². The maximum absolute atomic E-state index is 12.3. The van der Waals surface area contributed by atoms with E-state index in [1.165, 1.54) is 0 Å². The smallest absolute Gasteiger partial charge is 0.296 e. The normalized spacial score (nSPS) is 14.5. The van der Waals surface area contributed by atoms with Crippen molar-refractivity contribution in [2.75, 3.05) is 6.54 Å². The van der Waals surface area contributed by atoms with E-state index in [2.05, 4.69) is 11.7 Å². The molecule has 0 rings (SSSR count). The number of allylic oxidation sites excluding steroid dienone is 2. The van der Waals surface area contributed by atoms with Crippen molar-refractivity contribution in [3.63, 3.8) is 0 Å². The molecule has 0 aliphatic rings. The molecule has 0 spiro atoms. The van der Waals surface area contributed by atoms with Gasteiger partial charge in [-0.25, -0.2) is 5.84 Å². The molecular formula is C7H9F6N3. The molecule has 3 nitrogen and oxygen atoms in total. The lowest BCUT2D eigenvalue weighted by Crippen LogP contribution is -2.43. The molecule has 0 aromatic carbocycles. The van der Waals surface area contributed by atoms with Gasteiger partial charge in [0.15, 0.2) is 5.70 Å². The summed E-state index contributed by atoms with van der Waals surface area (Å²) in [7, 11) is 0. The van der Waals surface area contributed by atoms with Gasteiger partial charge < -0.3 is 0 Å². The summed E-state index contributed by atoms with van der Waals surface area (Å²) >= 11 is 0. The second-order valence-electron chi connectivity index (χ2n) is 2.83. The van der Waals surface area contributed by atoms with Gasteiger partial charge in [-0.3, -0.25) is 10.0 Å². The van der Waals surface area contributed by atoms with Crippen molar-refractivity contribution < 1.29 is 26.3 Å². The Balaban J connectivity index is 5.17. The van der Waals surface area contributed by atoms with E-state index in [4.69, 9.17) is 5.84 Å². The molecule has 0 radical (unpaired) electrons. The van der Waals surface area contributed by atoms with Crippen molar-refractivity contribution in [2.24, 2.45) is 10.8 Å². The van der Waals surface area contributed by atoms with Crippen LogP contribution in [0.25, 0.3) is 0 Å². The van der Waals surface area contributed by atoms with Crippen molar-refractivity contribution in [2.45, 2.75) is 19.3 Å². The highest BCUT2D eigenvalue weighted by atomic mass is 19.4. The molecule has 0 bridgehead atoms. The molecule has 0 saturated heterocycles. The van der Waals surface area contributed by atoms with Gasteiger partial charge >= 0.3 is 12.4 Å². The molecule has 0 atom stereocenters. The lowest BCUT2D eigenvalue weighted by atomic mass is 10.3. The summed E-state index contributed by atoms with van der Waals surface area (Å²) in [6, 6.07) is 0. The monoisotopic (exact) mass is 249 g/mol. The summed E-state index contributed by atoms with van der Waals surface area (Å²) in [5.74, 6) is 4.71. The van der Waals surface area contributed by atoms with Gasteiger partial charge in [0.2, 0.25) is 0 Å². The van der Waals surface area contributed by atoms with E-state index >= 15 is 0 Å². The van der Waals surface area contributed by atoms with E-state index in [0.29, 0.717) is 0 Å². The van der Waals surface area contributed by atoms with Gasteiger partial charge in [-0.1, -0.05) is 0 Å². The van der Waals surface area contributed by atoms with Crippen LogP contribution in [0, 0.1) is 0 Å². The number of hydrogen-bond acceptors (Lipinski definition) is 3. The first-order valence-corrected chi connectivity index (χ1v) is 3.83. The number of rotatable bonds is 3. The van der Waals surface area contributed by atoms with Gasteiger partial charge in [0.1, 0.15) is 6.54 Å². The molecule has 94 valence electrons. The average Bonchev–Trinajstić information content (AvgIpc) is 1.97. The highest BCUT2D eigenvalue weighted by Crippen LogP contribution is 2.31. The molecule has 0 amide bonds. The Bertz CT molecular complexity index is 289. The first kappa shape index (κ1) is 14.8. The lowest BCUT2D eigenvalue weighted by molar-refractivity contribution is -0.159. The fourth-order valence-electron chi connectivity index (χ4n) is 0.923. The van der Waals surface area contributed by atoms with Crippen LogP contribution in [0.15, 0.2) is 16.4 Å². The molecule has 0 aromatic rings. The maximum Gasteiger partial charge on any atom is 0.434 e. The van der Waals surface area contributed by atoms with Gasteiger partial charge in [-0.05, 0) is 13.6 Å². The van der Waals surface area contributed by atoms with Gasteiger partial charge in [-0.2, -0.15) is 26.3 Å². The molecular weight excluding hydrogens is 240 g/mol. The molecule has 0 aliphatic heterocycles. The van der Waals surface area contributed by atoms with Crippen LogP contribution >= 0.6 is 0 Å². The minimum Gasteiger partial charge on any atom is -0.296 e. The Morgan fingerprint density at radius 2 is 1.69 bits per heavy atom. The van der Waals surface area contributed by atoms with E-state index in [-0.39, 0.29) is 0 Å². The highest BCUT2D eigenvalue weighted by molar-refractivity contribution is 5.30. The number of halogens is 6. The Kier molecular flexibility index (Phi) is 4.36. The van der Waals surface area contributed by atoms with Crippen molar-refractivity contribution in [3.8, 4) is 0 Å². The number of aliphatic imine (C=N–C) groups is 1. The zero-order chi connectivity index (χ0) is 13.1. The Morgan fingerprint density at radius 3 is 1.94 bits per heavy atom. The topological polar surface area (TPSA) is 41.6 Å². The summed E-state index contributed by atoms with van der Waals surface area (Å²) in [5, 5.41) is -0.440.